The van der Waals surface area contributed by atoms with Crippen LogP contribution in [0.25, 0.3) is 0 Å². The fourth-order valence-electron chi connectivity index (χ4n) is 7.38. The summed E-state index contributed by atoms with van der Waals surface area (Å²) in [5, 5.41) is 12.0. The molecular weight excluding hydrogens is 656 g/mol. The topological polar surface area (TPSA) is 99.3 Å². The Bertz CT molecular complexity index is 1680. The molecule has 0 aromatic heterocycles. The van der Waals surface area contributed by atoms with E-state index in [1.165, 1.54) is 28.1 Å². The van der Waals surface area contributed by atoms with Gasteiger partial charge in [0.05, 0.1) is 16.5 Å². The molecule has 2 aromatic rings. The predicted molar refractivity (Wildman–Crippen MR) is 191 cm³/mol. The third-order valence-electron chi connectivity index (χ3n) is 9.76. The van der Waals surface area contributed by atoms with Crippen LogP contribution in [0.2, 0.25) is 0 Å². The van der Waals surface area contributed by atoms with Gasteiger partial charge in [0.15, 0.2) is 5.71 Å². The molecule has 3 aliphatic rings. The first-order valence-electron chi connectivity index (χ1n) is 16.3. The average molecular weight is 702 g/mol. The number of anilines is 1. The maximum Gasteiger partial charge on any atom is 0.264 e. The van der Waals surface area contributed by atoms with E-state index in [1.54, 1.807) is 0 Å². The summed E-state index contributed by atoms with van der Waals surface area (Å²) in [6, 6.07) is 16.8. The molecule has 2 aliphatic heterocycles. The van der Waals surface area contributed by atoms with Crippen LogP contribution in [-0.4, -0.2) is 58.5 Å². The van der Waals surface area contributed by atoms with E-state index in [-0.39, 0.29) is 27.9 Å². The van der Waals surface area contributed by atoms with Gasteiger partial charge in [-0.25, -0.2) is 5.26 Å². The van der Waals surface area contributed by atoms with Crippen LogP contribution in [-0.2, 0) is 30.3 Å². The second-order valence-electron chi connectivity index (χ2n) is 13.5. The number of allylic oxidation sites excluding steroid dienone is 6. The van der Waals surface area contributed by atoms with E-state index in [1.807, 2.05) is 12.1 Å². The van der Waals surface area contributed by atoms with Gasteiger partial charge in [-0.2, -0.15) is 13.0 Å². The Morgan fingerprint density at radius 1 is 1.04 bits per heavy atom. The molecule has 0 spiro atoms. The minimum atomic E-state index is -4.03. The number of rotatable bonds is 13. The average Bonchev–Trinajstić information content (AvgIpc) is 3.38. The van der Waals surface area contributed by atoms with Crippen LogP contribution < -0.4 is 4.90 Å². The van der Waals surface area contributed by atoms with Crippen molar-refractivity contribution in [3.63, 3.8) is 0 Å². The van der Waals surface area contributed by atoms with Gasteiger partial charge in [-0.05, 0) is 63.2 Å². The molecule has 2 N–H and O–H groups in total. The van der Waals surface area contributed by atoms with Crippen LogP contribution >= 0.6 is 23.6 Å². The lowest BCUT2D eigenvalue weighted by atomic mass is 9.79. The Balaban J connectivity index is 1.39. The van der Waals surface area contributed by atoms with Crippen molar-refractivity contribution >= 4 is 50.8 Å². The van der Waals surface area contributed by atoms with Gasteiger partial charge in [0.2, 0.25) is 5.69 Å². The third kappa shape index (κ3) is 7.90. The van der Waals surface area contributed by atoms with E-state index in [0.29, 0.717) is 18.7 Å². The molecule has 2 heterocycles. The van der Waals surface area contributed by atoms with Crippen LogP contribution in [0, 0.1) is 5.92 Å². The second kappa shape index (κ2) is 15.0. The summed E-state index contributed by atoms with van der Waals surface area (Å²) in [5.74, 6) is 0.573. The summed E-state index contributed by atoms with van der Waals surface area (Å²) >= 11 is 8.33. The number of para-hydroxylation sites is 2. The Morgan fingerprint density at radius 2 is 1.77 bits per heavy atom. The van der Waals surface area contributed by atoms with Gasteiger partial charge in [0.1, 0.15) is 6.54 Å². The maximum absolute atomic E-state index is 11.5. The molecule has 1 fully saturated rings. The zero-order valence-corrected chi connectivity index (χ0v) is 30.0. The molecule has 254 valence electrons. The second-order valence-corrected chi connectivity index (χ2v) is 16.4. The highest BCUT2D eigenvalue weighted by atomic mass is 35.5. The normalized spacial score (nSPS) is 23.7. The van der Waals surface area contributed by atoms with Crippen LogP contribution in [0.3, 0.4) is 0 Å². The molecule has 0 bridgehead atoms. The number of benzene rings is 2. The van der Waals surface area contributed by atoms with E-state index in [9.17, 15) is 13.0 Å². The summed E-state index contributed by atoms with van der Waals surface area (Å²) in [4.78, 5) is 2.19. The molecule has 1 aliphatic carbocycles. The van der Waals surface area contributed by atoms with Crippen molar-refractivity contribution in [1.82, 2.24) is 0 Å². The molecule has 0 amide bonds. The van der Waals surface area contributed by atoms with Crippen molar-refractivity contribution in [2.45, 2.75) is 76.0 Å². The summed E-state index contributed by atoms with van der Waals surface area (Å²) < 4.78 is 39.2. The lowest BCUT2D eigenvalue weighted by Gasteiger charge is -2.29. The number of nitrogens with zero attached hydrogens (tertiary/aromatic N) is 2. The highest BCUT2D eigenvalue weighted by molar-refractivity contribution is 7.94. The summed E-state index contributed by atoms with van der Waals surface area (Å²) in [6.07, 6.45) is 13.1. The zero-order valence-electron chi connectivity index (χ0n) is 27.6. The number of alkyl halides is 1. The largest absolute Gasteiger partial charge is 0.344 e. The fraction of sp³-hybridized carbons (Fsp3) is 0.472. The highest BCUT2D eigenvalue weighted by Crippen LogP contribution is 2.48. The van der Waals surface area contributed by atoms with Crippen LogP contribution in [0.1, 0.15) is 70.9 Å². The van der Waals surface area contributed by atoms with Crippen molar-refractivity contribution in [2.24, 2.45) is 5.92 Å². The molecule has 1 saturated carbocycles. The lowest BCUT2D eigenvalue weighted by molar-refractivity contribution is -0.438. The molecule has 2 unspecified atom stereocenters. The molecule has 2 aromatic carbocycles. The van der Waals surface area contributed by atoms with Crippen molar-refractivity contribution in [3.05, 3.63) is 95.2 Å². The Morgan fingerprint density at radius 3 is 2.51 bits per heavy atom. The predicted octanol–water partition coefficient (Wildman–Crippen LogP) is 8.37. The van der Waals surface area contributed by atoms with Crippen LogP contribution in [0.5, 0.6) is 0 Å². The van der Waals surface area contributed by atoms with Crippen molar-refractivity contribution in [1.29, 1.82) is 0 Å². The first kappa shape index (κ1) is 35.9. The summed E-state index contributed by atoms with van der Waals surface area (Å²) in [6.45, 7) is 10.2. The maximum atomic E-state index is 11.5. The Labute approximate surface area is 288 Å². The first-order chi connectivity index (χ1) is 22.4. The fourth-order valence-corrected chi connectivity index (χ4v) is 8.62. The molecule has 0 saturated heterocycles. The molecule has 5 rings (SSSR count). The first-order valence-corrected chi connectivity index (χ1v) is 19.2. The van der Waals surface area contributed by atoms with Crippen LogP contribution in [0.4, 0.5) is 11.4 Å². The summed E-state index contributed by atoms with van der Waals surface area (Å²) in [7, 11) is -4.03. The highest BCUT2D eigenvalue weighted by Gasteiger charge is 2.44. The minimum absolute atomic E-state index is 0.148. The Kier molecular flexibility index (Phi) is 11.4. The number of hydrogen-bond donors (Lipinski definition) is 2. The molecule has 0 radical (unpaired) electrons. The Hall–Kier alpha value is -2.44. The van der Waals surface area contributed by atoms with E-state index in [2.05, 4.69) is 107 Å². The smallest absolute Gasteiger partial charge is 0.264 e. The van der Waals surface area contributed by atoms with Crippen molar-refractivity contribution in [3.8, 4) is 0 Å². The van der Waals surface area contributed by atoms with Gasteiger partial charge in [0, 0.05) is 65.3 Å². The number of hydrogen-bond acceptors (Lipinski definition) is 7. The van der Waals surface area contributed by atoms with Crippen molar-refractivity contribution < 1.29 is 32.2 Å². The van der Waals surface area contributed by atoms with Gasteiger partial charge >= 0.3 is 0 Å². The van der Waals surface area contributed by atoms with E-state index < -0.39 is 10.1 Å². The SMILES string of the molecule is CC1(C)C(/C=C/C2CCC/C(=C\C=C3/N(CCCS(=O)(=O)O)c4ccccc4C3(C)C)C2Cl)=[N+](CCCSOOO)c2ccccc21. The van der Waals surface area contributed by atoms with Gasteiger partial charge < -0.3 is 4.90 Å². The lowest BCUT2D eigenvalue weighted by Crippen LogP contribution is -2.29. The third-order valence-corrected chi connectivity index (χ3v) is 11.8. The van der Waals surface area contributed by atoms with E-state index in [4.69, 9.17) is 16.9 Å². The number of halogens is 1. The van der Waals surface area contributed by atoms with E-state index >= 15 is 0 Å². The van der Waals surface area contributed by atoms with Gasteiger partial charge in [-0.3, -0.25) is 4.55 Å². The van der Waals surface area contributed by atoms with Gasteiger partial charge in [-0.1, -0.05) is 73.0 Å². The zero-order chi connectivity index (χ0) is 33.8. The molecule has 8 nitrogen and oxygen atoms in total. The van der Waals surface area contributed by atoms with Crippen molar-refractivity contribution in [2.75, 3.05) is 29.5 Å². The van der Waals surface area contributed by atoms with Crippen LogP contribution in [0.15, 0.2) is 84.1 Å². The molecule has 2 atom stereocenters. The molecule has 47 heavy (non-hydrogen) atoms. The quantitative estimate of drug-likeness (QED) is 0.0409. The number of fused-ring (bicyclic) bond motifs is 2. The summed E-state index contributed by atoms with van der Waals surface area (Å²) in [5.41, 5.74) is 7.83. The molecular formula is C36H46ClN2O6S2+. The van der Waals surface area contributed by atoms with Gasteiger partial charge in [0.25, 0.3) is 10.1 Å². The molecule has 11 heteroatoms. The monoisotopic (exact) mass is 701 g/mol. The van der Waals surface area contributed by atoms with E-state index in [0.717, 1.165) is 55.7 Å². The standard InChI is InChI=1S/C36H45ClN2O6S2/c1-35(2)28-14-5-7-16-30(28)38(22-10-24-46-45-44-40)32(35)20-18-26-12-9-13-27(34(26)37)19-21-33-36(3,4)29-15-6-8-17-31(29)39(33)23-11-25-47(41,42)43/h5-8,14-21,26,34H,9-13,22-25H2,1-4H3,(H-,40,41,42,43)/p+1/b20-18+,27-19+,33-21-. The van der Waals surface area contributed by atoms with Gasteiger partial charge in [-0.15, -0.1) is 15.9 Å². The minimum Gasteiger partial charge on any atom is -0.344 e.